The molecule has 0 aliphatic heterocycles. The van der Waals surface area contributed by atoms with Crippen molar-refractivity contribution in [3.8, 4) is 0 Å². The molecular formula is C11H17NS. The average Bonchev–Trinajstić information content (AvgIpc) is 2.86. The van der Waals surface area contributed by atoms with E-state index in [0.29, 0.717) is 6.04 Å². The van der Waals surface area contributed by atoms with E-state index in [0.717, 1.165) is 11.8 Å². The summed E-state index contributed by atoms with van der Waals surface area (Å²) in [4.78, 5) is 0. The van der Waals surface area contributed by atoms with Gasteiger partial charge in [-0.15, -0.1) is 0 Å². The van der Waals surface area contributed by atoms with Crippen molar-refractivity contribution >= 4 is 11.3 Å². The second kappa shape index (κ2) is 3.81. The molecule has 2 rings (SSSR count). The van der Waals surface area contributed by atoms with Crippen LogP contribution in [-0.4, -0.2) is 7.05 Å². The van der Waals surface area contributed by atoms with Crippen molar-refractivity contribution in [1.29, 1.82) is 0 Å². The summed E-state index contributed by atoms with van der Waals surface area (Å²) in [5, 5.41) is 7.86. The van der Waals surface area contributed by atoms with E-state index in [-0.39, 0.29) is 0 Å². The summed E-state index contributed by atoms with van der Waals surface area (Å²) < 4.78 is 0. The van der Waals surface area contributed by atoms with Crippen molar-refractivity contribution < 1.29 is 0 Å². The van der Waals surface area contributed by atoms with Gasteiger partial charge in [-0.05, 0) is 54.1 Å². The van der Waals surface area contributed by atoms with Gasteiger partial charge in [-0.3, -0.25) is 0 Å². The van der Waals surface area contributed by atoms with Crippen LogP contribution in [-0.2, 0) is 0 Å². The minimum atomic E-state index is 0.568. The molecule has 2 unspecified atom stereocenters. The van der Waals surface area contributed by atoms with Crippen molar-refractivity contribution in [2.24, 2.45) is 11.8 Å². The third kappa shape index (κ3) is 1.94. The third-order valence-electron chi connectivity index (χ3n) is 3.10. The van der Waals surface area contributed by atoms with Crippen LogP contribution in [0.15, 0.2) is 16.8 Å². The predicted octanol–water partition coefficient (Wildman–Crippen LogP) is 3.05. The van der Waals surface area contributed by atoms with Gasteiger partial charge in [0, 0.05) is 6.04 Å². The Labute approximate surface area is 84.2 Å². The summed E-state index contributed by atoms with van der Waals surface area (Å²) in [7, 11) is 2.07. The summed E-state index contributed by atoms with van der Waals surface area (Å²) in [6, 6.07) is 2.81. The van der Waals surface area contributed by atoms with E-state index < -0.39 is 0 Å². The van der Waals surface area contributed by atoms with Gasteiger partial charge in [0.05, 0.1) is 0 Å². The first-order valence-electron chi connectivity index (χ1n) is 5.02. The van der Waals surface area contributed by atoms with Gasteiger partial charge >= 0.3 is 0 Å². The molecule has 2 atom stereocenters. The topological polar surface area (TPSA) is 12.0 Å². The zero-order valence-corrected chi connectivity index (χ0v) is 9.10. The highest BCUT2D eigenvalue weighted by Gasteiger charge is 2.33. The highest BCUT2D eigenvalue weighted by molar-refractivity contribution is 7.07. The zero-order chi connectivity index (χ0) is 9.26. The molecule has 1 aromatic rings. The molecule has 1 saturated carbocycles. The third-order valence-corrected chi connectivity index (χ3v) is 3.81. The van der Waals surface area contributed by atoms with Gasteiger partial charge in [-0.1, -0.05) is 6.92 Å². The Hall–Kier alpha value is -0.340. The molecule has 0 aromatic carbocycles. The van der Waals surface area contributed by atoms with E-state index in [2.05, 4.69) is 36.1 Å². The van der Waals surface area contributed by atoms with Crippen LogP contribution < -0.4 is 5.32 Å². The molecule has 0 amide bonds. The van der Waals surface area contributed by atoms with Crippen LogP contribution in [0.4, 0.5) is 0 Å². The number of thiophene rings is 1. The quantitative estimate of drug-likeness (QED) is 0.778. The fourth-order valence-electron chi connectivity index (χ4n) is 2.08. The molecule has 0 spiro atoms. The van der Waals surface area contributed by atoms with Crippen LogP contribution in [0.3, 0.4) is 0 Å². The van der Waals surface area contributed by atoms with Crippen LogP contribution >= 0.6 is 11.3 Å². The number of rotatable bonds is 4. The van der Waals surface area contributed by atoms with E-state index >= 15 is 0 Å². The second-order valence-electron chi connectivity index (χ2n) is 4.02. The SMILES string of the molecule is CNC(c1ccsc1)C(C)C1CC1. The predicted molar refractivity (Wildman–Crippen MR) is 58.0 cm³/mol. The van der Waals surface area contributed by atoms with Gasteiger partial charge in [0.15, 0.2) is 0 Å². The lowest BCUT2D eigenvalue weighted by atomic mass is 9.92. The summed E-state index contributed by atoms with van der Waals surface area (Å²) in [5.74, 6) is 1.76. The monoisotopic (exact) mass is 195 g/mol. The van der Waals surface area contributed by atoms with Crippen LogP contribution in [0.2, 0.25) is 0 Å². The summed E-state index contributed by atoms with van der Waals surface area (Å²) >= 11 is 1.79. The van der Waals surface area contributed by atoms with Crippen LogP contribution in [0.1, 0.15) is 31.4 Å². The summed E-state index contributed by atoms with van der Waals surface area (Å²) in [5.41, 5.74) is 1.46. The first-order chi connectivity index (χ1) is 6.33. The van der Waals surface area contributed by atoms with E-state index in [1.165, 1.54) is 18.4 Å². The fraction of sp³-hybridized carbons (Fsp3) is 0.636. The highest BCUT2D eigenvalue weighted by atomic mass is 32.1. The molecular weight excluding hydrogens is 178 g/mol. The van der Waals surface area contributed by atoms with Crippen LogP contribution in [0.25, 0.3) is 0 Å². The van der Waals surface area contributed by atoms with Gasteiger partial charge in [0.25, 0.3) is 0 Å². The Kier molecular flexibility index (Phi) is 2.70. The van der Waals surface area contributed by atoms with Crippen molar-refractivity contribution in [1.82, 2.24) is 5.32 Å². The van der Waals surface area contributed by atoms with Gasteiger partial charge in [-0.2, -0.15) is 11.3 Å². The van der Waals surface area contributed by atoms with E-state index in [9.17, 15) is 0 Å². The standard InChI is InChI=1S/C11H17NS/c1-8(9-3-4-9)11(12-2)10-5-6-13-7-10/h5-9,11-12H,3-4H2,1-2H3. The number of hydrogen-bond donors (Lipinski definition) is 1. The molecule has 2 heteroatoms. The van der Waals surface area contributed by atoms with Crippen molar-refractivity contribution in [3.05, 3.63) is 22.4 Å². The minimum Gasteiger partial charge on any atom is -0.313 e. The minimum absolute atomic E-state index is 0.568. The smallest absolute Gasteiger partial charge is 0.0354 e. The Morgan fingerprint density at radius 3 is 2.77 bits per heavy atom. The molecule has 0 bridgehead atoms. The molecule has 1 heterocycles. The summed E-state index contributed by atoms with van der Waals surface area (Å²) in [6.07, 6.45) is 2.87. The molecule has 1 aromatic heterocycles. The molecule has 1 N–H and O–H groups in total. The summed E-state index contributed by atoms with van der Waals surface area (Å²) in [6.45, 7) is 2.37. The molecule has 13 heavy (non-hydrogen) atoms. The number of nitrogens with one attached hydrogen (secondary N) is 1. The molecule has 1 nitrogen and oxygen atoms in total. The molecule has 0 radical (unpaired) electrons. The van der Waals surface area contributed by atoms with E-state index in [1.54, 1.807) is 11.3 Å². The maximum Gasteiger partial charge on any atom is 0.0354 e. The lowest BCUT2D eigenvalue weighted by molar-refractivity contribution is 0.370. The van der Waals surface area contributed by atoms with Gasteiger partial charge in [0.2, 0.25) is 0 Å². The van der Waals surface area contributed by atoms with Gasteiger partial charge in [-0.25, -0.2) is 0 Å². The van der Waals surface area contributed by atoms with E-state index in [1.807, 2.05) is 0 Å². The lowest BCUT2D eigenvalue weighted by Gasteiger charge is -2.22. The molecule has 1 aliphatic rings. The first kappa shape index (κ1) is 9.22. The van der Waals surface area contributed by atoms with Crippen molar-refractivity contribution in [2.75, 3.05) is 7.05 Å². The Morgan fingerprint density at radius 2 is 2.31 bits per heavy atom. The Balaban J connectivity index is 2.08. The fourth-order valence-corrected chi connectivity index (χ4v) is 2.78. The normalized spacial score (nSPS) is 21.4. The lowest BCUT2D eigenvalue weighted by Crippen LogP contribution is -2.24. The molecule has 1 aliphatic carbocycles. The zero-order valence-electron chi connectivity index (χ0n) is 8.29. The van der Waals surface area contributed by atoms with Crippen molar-refractivity contribution in [2.45, 2.75) is 25.8 Å². The molecule has 1 fully saturated rings. The van der Waals surface area contributed by atoms with Crippen molar-refractivity contribution in [3.63, 3.8) is 0 Å². The molecule has 72 valence electrons. The maximum atomic E-state index is 3.43. The van der Waals surface area contributed by atoms with Crippen LogP contribution in [0.5, 0.6) is 0 Å². The van der Waals surface area contributed by atoms with Gasteiger partial charge < -0.3 is 5.32 Å². The largest absolute Gasteiger partial charge is 0.313 e. The molecule has 0 saturated heterocycles. The Morgan fingerprint density at radius 1 is 1.54 bits per heavy atom. The van der Waals surface area contributed by atoms with E-state index in [4.69, 9.17) is 0 Å². The highest BCUT2D eigenvalue weighted by Crippen LogP contribution is 2.42. The van der Waals surface area contributed by atoms with Gasteiger partial charge in [0.1, 0.15) is 0 Å². The average molecular weight is 195 g/mol. The number of hydrogen-bond acceptors (Lipinski definition) is 2. The van der Waals surface area contributed by atoms with Crippen LogP contribution in [0, 0.1) is 11.8 Å². The first-order valence-corrected chi connectivity index (χ1v) is 5.96. The second-order valence-corrected chi connectivity index (χ2v) is 4.80. The Bertz CT molecular complexity index is 251. The maximum absolute atomic E-state index is 3.43.